The number of benzene rings is 2. The molecule has 2 aromatic carbocycles. The van der Waals surface area contributed by atoms with E-state index >= 15 is 0 Å². The topological polar surface area (TPSA) is 25.8 Å². The average Bonchev–Trinajstić information content (AvgIpc) is 3.14. The van der Waals surface area contributed by atoms with Gasteiger partial charge in [0.15, 0.2) is 0 Å². The summed E-state index contributed by atoms with van der Waals surface area (Å²) in [4.78, 5) is 0. The molecule has 1 saturated carbocycles. The van der Waals surface area contributed by atoms with Crippen LogP contribution in [0, 0.1) is 0 Å². The van der Waals surface area contributed by atoms with E-state index in [1.165, 1.54) is 49.8 Å². The van der Waals surface area contributed by atoms with Crippen molar-refractivity contribution in [2.45, 2.75) is 57.4 Å². The summed E-state index contributed by atoms with van der Waals surface area (Å²) in [6.45, 7) is 5.24. The molecule has 0 bridgehead atoms. The molecule has 3 rings (SSSR count). The Kier molecular flexibility index (Phi) is 6.52. The number of unbranched alkanes of at least 4 members (excludes halogenated alkanes) is 1. The molecule has 0 heterocycles. The SMILES string of the molecule is CCCCOc1ccc(C[NH2+]CC2(c3ccccc3)CCCC2)cc1. The van der Waals surface area contributed by atoms with Gasteiger partial charge < -0.3 is 10.1 Å². The van der Waals surface area contributed by atoms with E-state index in [0.717, 1.165) is 25.3 Å². The third-order valence-corrected chi connectivity index (χ3v) is 5.55. The van der Waals surface area contributed by atoms with E-state index in [1.807, 2.05) is 0 Å². The van der Waals surface area contributed by atoms with Crippen molar-refractivity contribution in [3.63, 3.8) is 0 Å². The molecule has 0 saturated heterocycles. The molecular weight excluding hydrogens is 306 g/mol. The lowest BCUT2D eigenvalue weighted by atomic mass is 9.79. The van der Waals surface area contributed by atoms with Crippen molar-refractivity contribution in [3.8, 4) is 5.75 Å². The fourth-order valence-electron chi connectivity index (χ4n) is 4.03. The monoisotopic (exact) mass is 338 g/mol. The summed E-state index contributed by atoms with van der Waals surface area (Å²) in [5, 5.41) is 2.49. The Morgan fingerprint density at radius 3 is 2.36 bits per heavy atom. The minimum Gasteiger partial charge on any atom is -0.494 e. The number of quaternary nitrogens is 1. The summed E-state index contributed by atoms with van der Waals surface area (Å²) in [6.07, 6.45) is 7.70. The van der Waals surface area contributed by atoms with Gasteiger partial charge in [-0.1, -0.05) is 56.5 Å². The predicted molar refractivity (Wildman–Crippen MR) is 104 cm³/mol. The molecule has 134 valence electrons. The fourth-order valence-corrected chi connectivity index (χ4v) is 4.03. The van der Waals surface area contributed by atoms with E-state index in [4.69, 9.17) is 4.74 Å². The average molecular weight is 339 g/mol. The normalized spacial score (nSPS) is 16.0. The van der Waals surface area contributed by atoms with Crippen LogP contribution in [0.15, 0.2) is 54.6 Å². The smallest absolute Gasteiger partial charge is 0.119 e. The van der Waals surface area contributed by atoms with Crippen LogP contribution in [0.1, 0.15) is 56.6 Å². The van der Waals surface area contributed by atoms with E-state index in [1.54, 1.807) is 0 Å². The largest absolute Gasteiger partial charge is 0.494 e. The van der Waals surface area contributed by atoms with Gasteiger partial charge in [-0.2, -0.15) is 0 Å². The van der Waals surface area contributed by atoms with Gasteiger partial charge in [-0.15, -0.1) is 0 Å². The lowest BCUT2D eigenvalue weighted by Gasteiger charge is -2.27. The van der Waals surface area contributed by atoms with Crippen LogP contribution in [0.25, 0.3) is 0 Å². The maximum atomic E-state index is 5.75. The molecule has 0 spiro atoms. The number of hydrogen-bond donors (Lipinski definition) is 1. The first-order valence-electron chi connectivity index (χ1n) is 9.91. The van der Waals surface area contributed by atoms with Crippen molar-refractivity contribution in [1.82, 2.24) is 0 Å². The van der Waals surface area contributed by atoms with Gasteiger partial charge >= 0.3 is 0 Å². The Morgan fingerprint density at radius 2 is 1.68 bits per heavy atom. The molecule has 0 unspecified atom stereocenters. The predicted octanol–water partition coefficient (Wildman–Crippen LogP) is 4.44. The van der Waals surface area contributed by atoms with Crippen LogP contribution < -0.4 is 10.1 Å². The lowest BCUT2D eigenvalue weighted by molar-refractivity contribution is -0.677. The number of ether oxygens (including phenoxy) is 1. The molecule has 25 heavy (non-hydrogen) atoms. The Morgan fingerprint density at radius 1 is 0.960 bits per heavy atom. The van der Waals surface area contributed by atoms with Crippen LogP contribution in [0.5, 0.6) is 5.75 Å². The molecule has 1 aliphatic carbocycles. The second-order valence-electron chi connectivity index (χ2n) is 7.40. The highest BCUT2D eigenvalue weighted by Gasteiger charge is 2.37. The Balaban J connectivity index is 1.53. The molecule has 2 heteroatoms. The fraction of sp³-hybridized carbons (Fsp3) is 0.478. The van der Waals surface area contributed by atoms with Gasteiger partial charge in [-0.25, -0.2) is 0 Å². The van der Waals surface area contributed by atoms with Crippen molar-refractivity contribution >= 4 is 0 Å². The van der Waals surface area contributed by atoms with Gasteiger partial charge in [-0.3, -0.25) is 0 Å². The van der Waals surface area contributed by atoms with Crippen molar-refractivity contribution in [2.24, 2.45) is 0 Å². The van der Waals surface area contributed by atoms with Crippen LogP contribution in [0.4, 0.5) is 0 Å². The van der Waals surface area contributed by atoms with Gasteiger partial charge in [0.1, 0.15) is 12.3 Å². The molecule has 0 aromatic heterocycles. The third kappa shape index (κ3) is 4.85. The molecule has 2 aromatic rings. The molecule has 0 radical (unpaired) electrons. The summed E-state index contributed by atoms with van der Waals surface area (Å²) >= 11 is 0. The van der Waals surface area contributed by atoms with Gasteiger partial charge in [0.05, 0.1) is 13.2 Å². The summed E-state index contributed by atoms with van der Waals surface area (Å²) in [6, 6.07) is 19.8. The zero-order valence-corrected chi connectivity index (χ0v) is 15.5. The van der Waals surface area contributed by atoms with Crippen LogP contribution in [0.3, 0.4) is 0 Å². The molecule has 1 aliphatic rings. The molecule has 0 aliphatic heterocycles. The number of hydrogen-bond acceptors (Lipinski definition) is 1. The van der Waals surface area contributed by atoms with Gasteiger partial charge in [0, 0.05) is 11.0 Å². The van der Waals surface area contributed by atoms with E-state index < -0.39 is 0 Å². The molecule has 2 N–H and O–H groups in total. The van der Waals surface area contributed by atoms with Crippen LogP contribution >= 0.6 is 0 Å². The Bertz CT molecular complexity index is 614. The zero-order valence-electron chi connectivity index (χ0n) is 15.5. The highest BCUT2D eigenvalue weighted by atomic mass is 16.5. The highest BCUT2D eigenvalue weighted by molar-refractivity contribution is 5.27. The van der Waals surface area contributed by atoms with Crippen LogP contribution in [0.2, 0.25) is 0 Å². The van der Waals surface area contributed by atoms with E-state index in [0.29, 0.717) is 5.41 Å². The molecule has 1 fully saturated rings. The van der Waals surface area contributed by atoms with Crippen LogP contribution in [-0.2, 0) is 12.0 Å². The van der Waals surface area contributed by atoms with E-state index in [2.05, 4.69) is 66.8 Å². The van der Waals surface area contributed by atoms with Gasteiger partial charge in [0.25, 0.3) is 0 Å². The molecular formula is C23H32NO+. The Labute approximate surface area is 152 Å². The highest BCUT2D eigenvalue weighted by Crippen LogP contribution is 2.39. The maximum Gasteiger partial charge on any atom is 0.119 e. The summed E-state index contributed by atoms with van der Waals surface area (Å²) in [7, 11) is 0. The zero-order chi connectivity index (χ0) is 17.4. The standard InChI is InChI=1S/C23H31NO/c1-2-3-17-25-22-13-11-20(12-14-22)18-24-19-23(15-7-8-16-23)21-9-5-4-6-10-21/h4-6,9-14,24H,2-3,7-8,15-19H2,1H3/p+1. The van der Waals surface area contributed by atoms with Crippen molar-refractivity contribution < 1.29 is 10.1 Å². The van der Waals surface area contributed by atoms with Crippen LogP contribution in [-0.4, -0.2) is 13.2 Å². The molecule has 0 atom stereocenters. The minimum absolute atomic E-state index is 0.379. The van der Waals surface area contributed by atoms with Crippen molar-refractivity contribution in [1.29, 1.82) is 0 Å². The first kappa shape index (κ1) is 18.0. The number of rotatable bonds is 9. The number of nitrogens with two attached hydrogens (primary N) is 1. The molecule has 2 nitrogen and oxygen atoms in total. The Hall–Kier alpha value is -1.80. The first-order chi connectivity index (χ1) is 12.3. The first-order valence-corrected chi connectivity index (χ1v) is 9.91. The van der Waals surface area contributed by atoms with Crippen molar-refractivity contribution in [3.05, 3.63) is 65.7 Å². The van der Waals surface area contributed by atoms with E-state index in [9.17, 15) is 0 Å². The minimum atomic E-state index is 0.379. The second-order valence-corrected chi connectivity index (χ2v) is 7.40. The summed E-state index contributed by atoms with van der Waals surface area (Å²) in [5.41, 5.74) is 3.29. The third-order valence-electron chi connectivity index (χ3n) is 5.55. The van der Waals surface area contributed by atoms with Crippen molar-refractivity contribution in [2.75, 3.05) is 13.2 Å². The summed E-state index contributed by atoms with van der Waals surface area (Å²) < 4.78 is 5.75. The second kappa shape index (κ2) is 9.05. The summed E-state index contributed by atoms with van der Waals surface area (Å²) in [5.74, 6) is 0.994. The quantitative estimate of drug-likeness (QED) is 0.672. The van der Waals surface area contributed by atoms with Gasteiger partial charge in [0.2, 0.25) is 0 Å². The van der Waals surface area contributed by atoms with Gasteiger partial charge in [-0.05, 0) is 49.1 Å². The molecule has 0 amide bonds. The van der Waals surface area contributed by atoms with E-state index in [-0.39, 0.29) is 0 Å². The lowest BCUT2D eigenvalue weighted by Crippen LogP contribution is -2.86. The maximum absolute atomic E-state index is 5.75.